The maximum absolute atomic E-state index is 13.8. The summed E-state index contributed by atoms with van der Waals surface area (Å²) < 4.78 is 30.9. The van der Waals surface area contributed by atoms with Gasteiger partial charge >= 0.3 is 5.97 Å². The number of esters is 1. The molecule has 0 saturated carbocycles. The van der Waals surface area contributed by atoms with Crippen LogP contribution in [-0.2, 0) is 23.7 Å². The van der Waals surface area contributed by atoms with Crippen molar-refractivity contribution in [1.29, 1.82) is 0 Å². The lowest BCUT2D eigenvalue weighted by Gasteiger charge is -2.47. The fraction of sp³-hybridized carbons (Fsp3) is 0.795. The number of rotatable bonds is 8. The highest BCUT2D eigenvalue weighted by Crippen LogP contribution is 2.40. The van der Waals surface area contributed by atoms with Crippen molar-refractivity contribution in [3.05, 3.63) is 29.8 Å². The topological polar surface area (TPSA) is 113 Å². The molecule has 12 nitrogen and oxygen atoms in total. The van der Waals surface area contributed by atoms with Crippen molar-refractivity contribution in [2.24, 2.45) is 17.3 Å². The van der Waals surface area contributed by atoms with Gasteiger partial charge in [0.15, 0.2) is 6.29 Å². The average molecular weight is 719 g/mol. The molecule has 1 unspecified atom stereocenters. The normalized spacial score (nSPS) is 35.0. The first-order chi connectivity index (χ1) is 24.0. The van der Waals surface area contributed by atoms with Crippen molar-refractivity contribution in [1.82, 2.24) is 19.6 Å². The number of carbonyl (C=O) groups is 2. The Kier molecular flexibility index (Phi) is 14.4. The molecule has 0 aromatic heterocycles. The van der Waals surface area contributed by atoms with Crippen LogP contribution >= 0.6 is 0 Å². The summed E-state index contributed by atoms with van der Waals surface area (Å²) in [5.74, 6) is -0.0889. The Hall–Kier alpha value is -2.32. The van der Waals surface area contributed by atoms with Gasteiger partial charge in [0.25, 0.3) is 5.91 Å². The molecule has 0 aliphatic carbocycles. The lowest BCUT2D eigenvalue weighted by Crippen LogP contribution is -2.56. The van der Waals surface area contributed by atoms with E-state index in [1.54, 1.807) is 34.1 Å². The van der Waals surface area contributed by atoms with Crippen molar-refractivity contribution < 1.29 is 38.4 Å². The van der Waals surface area contributed by atoms with E-state index in [0.717, 1.165) is 13.0 Å². The fourth-order valence-corrected chi connectivity index (χ4v) is 8.27. The quantitative estimate of drug-likeness (QED) is 0.398. The predicted molar refractivity (Wildman–Crippen MR) is 197 cm³/mol. The number of carbonyl (C=O) groups excluding carboxylic acids is 2. The van der Waals surface area contributed by atoms with E-state index >= 15 is 0 Å². The maximum atomic E-state index is 13.8. The van der Waals surface area contributed by atoms with Crippen LogP contribution in [0.1, 0.15) is 71.2 Å². The van der Waals surface area contributed by atoms with Crippen molar-refractivity contribution in [3.8, 4) is 5.75 Å². The van der Waals surface area contributed by atoms with E-state index in [2.05, 4.69) is 56.6 Å². The molecule has 12 heteroatoms. The van der Waals surface area contributed by atoms with Gasteiger partial charge in [-0.15, -0.1) is 0 Å². The van der Waals surface area contributed by atoms with Crippen molar-refractivity contribution in [2.75, 3.05) is 81.2 Å². The zero-order chi connectivity index (χ0) is 37.7. The number of hydrogen-bond donors (Lipinski definition) is 1. The van der Waals surface area contributed by atoms with Crippen LogP contribution in [-0.4, -0.2) is 160 Å². The molecule has 3 fully saturated rings. The van der Waals surface area contributed by atoms with Crippen LogP contribution in [0.25, 0.3) is 0 Å². The molecule has 9 atom stereocenters. The molecule has 1 amide bonds. The van der Waals surface area contributed by atoms with Gasteiger partial charge in [-0.3, -0.25) is 19.4 Å². The monoisotopic (exact) mass is 718 g/mol. The Morgan fingerprint density at radius 2 is 1.75 bits per heavy atom. The second-order valence-electron chi connectivity index (χ2n) is 16.4. The number of amides is 1. The van der Waals surface area contributed by atoms with Gasteiger partial charge in [0.05, 0.1) is 42.5 Å². The van der Waals surface area contributed by atoms with Gasteiger partial charge in [0.1, 0.15) is 12.4 Å². The first kappa shape index (κ1) is 41.4. The summed E-state index contributed by atoms with van der Waals surface area (Å²) in [6.07, 6.45) is 0.188. The van der Waals surface area contributed by atoms with Gasteiger partial charge in [0, 0.05) is 70.3 Å². The molecule has 51 heavy (non-hydrogen) atoms. The number of methoxy groups -OCH3 is 2. The molecule has 290 valence electrons. The van der Waals surface area contributed by atoms with E-state index in [4.69, 9.17) is 23.7 Å². The first-order valence-corrected chi connectivity index (χ1v) is 18.7. The third kappa shape index (κ3) is 10.2. The van der Waals surface area contributed by atoms with E-state index < -0.39 is 41.4 Å². The minimum atomic E-state index is -1.21. The number of cyclic esters (lactones) is 1. The van der Waals surface area contributed by atoms with Gasteiger partial charge < -0.3 is 38.6 Å². The van der Waals surface area contributed by atoms with Crippen molar-refractivity contribution in [3.63, 3.8) is 0 Å². The number of aliphatic hydroxyl groups is 1. The lowest BCUT2D eigenvalue weighted by molar-refractivity contribution is -0.272. The highest BCUT2D eigenvalue weighted by Gasteiger charge is 2.50. The number of piperazine rings is 1. The van der Waals surface area contributed by atoms with Crippen LogP contribution in [0.2, 0.25) is 0 Å². The Balaban J connectivity index is 1.51. The summed E-state index contributed by atoms with van der Waals surface area (Å²) in [6, 6.07) is 7.47. The molecule has 4 rings (SSSR count). The molecule has 3 saturated heterocycles. The Labute approximate surface area is 306 Å². The van der Waals surface area contributed by atoms with E-state index in [1.165, 1.54) is 0 Å². The van der Waals surface area contributed by atoms with Crippen molar-refractivity contribution >= 4 is 11.9 Å². The van der Waals surface area contributed by atoms with E-state index in [0.29, 0.717) is 62.9 Å². The van der Waals surface area contributed by atoms with Gasteiger partial charge in [0.2, 0.25) is 0 Å². The molecular weight excluding hydrogens is 652 g/mol. The SMILES string of the molecule is COc1cccc(C(=O)N2CCN(C[C@@H]3COC(=O)C(C)(C)C(O)[C@H](C)[C@@H](O[C@H]4C[C@@H](N(C)C)C[C@@H](C)O4)[C@](C)(OC)C[C@@H](C)CN3C)CC2)c1. The molecule has 0 spiro atoms. The zero-order valence-electron chi connectivity index (χ0n) is 33.1. The molecule has 1 N–H and O–H groups in total. The van der Waals surface area contributed by atoms with Gasteiger partial charge in [-0.25, -0.2) is 0 Å². The molecule has 1 aromatic rings. The van der Waals surface area contributed by atoms with E-state index in [1.807, 2.05) is 30.0 Å². The van der Waals surface area contributed by atoms with Crippen LogP contribution in [0.4, 0.5) is 0 Å². The third-order valence-electron chi connectivity index (χ3n) is 11.6. The molecule has 3 aliphatic rings. The van der Waals surface area contributed by atoms with Gasteiger partial charge in [-0.2, -0.15) is 0 Å². The minimum absolute atomic E-state index is 0.00364. The van der Waals surface area contributed by atoms with Crippen LogP contribution in [0.15, 0.2) is 24.3 Å². The van der Waals surface area contributed by atoms with Crippen LogP contribution in [0.3, 0.4) is 0 Å². The molecule has 1 aromatic carbocycles. The maximum Gasteiger partial charge on any atom is 0.314 e. The summed E-state index contributed by atoms with van der Waals surface area (Å²) in [4.78, 5) is 35.8. The number of likely N-dealkylation sites (N-methyl/N-ethyl adjacent to an activating group) is 1. The highest BCUT2D eigenvalue weighted by molar-refractivity contribution is 5.94. The third-order valence-corrected chi connectivity index (χ3v) is 11.6. The smallest absolute Gasteiger partial charge is 0.314 e. The molecule has 0 radical (unpaired) electrons. The molecular formula is C39H66N4O8. The largest absolute Gasteiger partial charge is 0.497 e. The summed E-state index contributed by atoms with van der Waals surface area (Å²) in [7, 11) is 9.54. The number of benzene rings is 1. The Bertz CT molecular complexity index is 1290. The van der Waals surface area contributed by atoms with Crippen molar-refractivity contribution in [2.45, 2.75) is 103 Å². The molecule has 0 bridgehead atoms. The van der Waals surface area contributed by atoms with E-state index in [9.17, 15) is 14.7 Å². The second-order valence-corrected chi connectivity index (χ2v) is 16.4. The summed E-state index contributed by atoms with van der Waals surface area (Å²) in [5.41, 5.74) is -1.38. The zero-order valence-corrected chi connectivity index (χ0v) is 33.1. The number of nitrogens with zero attached hydrogens (tertiary/aromatic N) is 4. The van der Waals surface area contributed by atoms with Gasteiger partial charge in [-0.1, -0.05) is 19.9 Å². The first-order valence-electron chi connectivity index (χ1n) is 18.7. The predicted octanol–water partition coefficient (Wildman–Crippen LogP) is 3.61. The minimum Gasteiger partial charge on any atom is -0.497 e. The Morgan fingerprint density at radius 3 is 2.37 bits per heavy atom. The molecule has 3 aliphatic heterocycles. The summed E-state index contributed by atoms with van der Waals surface area (Å²) >= 11 is 0. The lowest BCUT2D eigenvalue weighted by atomic mass is 9.73. The standard InChI is InChI=1S/C39H66N4O8/c1-26-22-39(6,48-11)35(51-33-21-30(40(7)8)19-27(2)50-33)28(3)34(44)38(4,5)37(46)49-25-31(41(9)23-26)24-42-15-17-43(18-16-42)36(45)29-13-12-14-32(20-29)47-10/h12-14,20,26-28,30-31,33-35,44H,15-19,21-25H2,1-11H3/t26-,27-,28+,30+,31-,33+,34?,35-,39-/m1/s1. The average Bonchev–Trinajstić information content (AvgIpc) is 3.10. The van der Waals surface area contributed by atoms with E-state index in [-0.39, 0.29) is 30.6 Å². The van der Waals surface area contributed by atoms with Crippen LogP contribution in [0, 0.1) is 17.3 Å². The van der Waals surface area contributed by atoms with Crippen LogP contribution in [0.5, 0.6) is 5.75 Å². The van der Waals surface area contributed by atoms with Gasteiger partial charge in [-0.05, 0) is 85.8 Å². The highest BCUT2D eigenvalue weighted by atomic mass is 16.7. The van der Waals surface area contributed by atoms with Crippen LogP contribution < -0.4 is 4.74 Å². The number of hydrogen-bond acceptors (Lipinski definition) is 11. The summed E-state index contributed by atoms with van der Waals surface area (Å²) in [6.45, 7) is 16.0. The fourth-order valence-electron chi connectivity index (χ4n) is 8.27. The Morgan fingerprint density at radius 1 is 1.06 bits per heavy atom. The number of aliphatic hydroxyl groups excluding tert-OH is 1. The molecule has 3 heterocycles. The second kappa shape index (κ2) is 17.7. The summed E-state index contributed by atoms with van der Waals surface area (Å²) in [5, 5.41) is 11.9. The number of ether oxygens (including phenoxy) is 5.